The average Bonchev–Trinajstić information content (AvgIpc) is 3.37. The normalized spacial score (nSPS) is 11.1. The van der Waals surface area contributed by atoms with Crippen LogP contribution in [0.25, 0.3) is 22.3 Å². The Kier molecular flexibility index (Phi) is 4.19. The first-order chi connectivity index (χ1) is 13.1. The molecule has 0 fully saturated rings. The molecule has 0 aliphatic rings. The van der Waals surface area contributed by atoms with Crippen LogP contribution >= 0.6 is 0 Å². The largest absolute Gasteiger partial charge is 0.493 e. The number of fused-ring (bicyclic) bond motifs is 1. The van der Waals surface area contributed by atoms with Crippen molar-refractivity contribution in [3.05, 3.63) is 59.4 Å². The third-order valence-electron chi connectivity index (χ3n) is 4.32. The molecule has 0 saturated carbocycles. The summed E-state index contributed by atoms with van der Waals surface area (Å²) in [5.41, 5.74) is 2.13. The third-order valence-corrected chi connectivity index (χ3v) is 4.32. The molecular formula is C20H18N2O5. The number of ether oxygens (including phenoxy) is 1. The Morgan fingerprint density at radius 3 is 2.78 bits per heavy atom. The van der Waals surface area contributed by atoms with E-state index < -0.39 is 0 Å². The topological polar surface area (TPSA) is 90.6 Å². The summed E-state index contributed by atoms with van der Waals surface area (Å²) < 4.78 is 21.9. The van der Waals surface area contributed by atoms with Crippen LogP contribution in [0.3, 0.4) is 0 Å². The van der Waals surface area contributed by atoms with E-state index in [2.05, 4.69) is 10.5 Å². The van der Waals surface area contributed by atoms with Crippen molar-refractivity contribution in [2.45, 2.75) is 20.4 Å². The summed E-state index contributed by atoms with van der Waals surface area (Å²) in [4.78, 5) is 12.4. The average molecular weight is 366 g/mol. The van der Waals surface area contributed by atoms with Gasteiger partial charge in [-0.25, -0.2) is 0 Å². The molecule has 7 heteroatoms. The summed E-state index contributed by atoms with van der Waals surface area (Å²) in [5.74, 6) is 2.43. The SMILES string of the molecule is COc1cccc2cc(C(=O)NCc3ccc(-c4c(C)noc4C)o3)oc12. The van der Waals surface area contributed by atoms with Crippen LogP contribution in [0, 0.1) is 13.8 Å². The maximum absolute atomic E-state index is 12.4. The fraction of sp³-hybridized carbons (Fsp3) is 0.200. The number of aromatic nitrogens is 1. The predicted octanol–water partition coefficient (Wildman–Crippen LogP) is 4.24. The number of amides is 1. The fourth-order valence-electron chi connectivity index (χ4n) is 3.01. The van der Waals surface area contributed by atoms with Crippen LogP contribution in [0.2, 0.25) is 0 Å². The Balaban J connectivity index is 1.49. The molecule has 0 saturated heterocycles. The number of methoxy groups -OCH3 is 1. The highest BCUT2D eigenvalue weighted by Crippen LogP contribution is 2.29. The number of para-hydroxylation sites is 1. The Morgan fingerprint density at radius 1 is 1.19 bits per heavy atom. The van der Waals surface area contributed by atoms with Gasteiger partial charge in [0.25, 0.3) is 5.91 Å². The van der Waals surface area contributed by atoms with Crippen LogP contribution in [0.1, 0.15) is 27.8 Å². The monoisotopic (exact) mass is 366 g/mol. The van der Waals surface area contributed by atoms with Gasteiger partial charge in [-0.05, 0) is 38.1 Å². The smallest absolute Gasteiger partial charge is 0.287 e. The van der Waals surface area contributed by atoms with E-state index >= 15 is 0 Å². The Bertz CT molecular complexity index is 1100. The fourth-order valence-corrected chi connectivity index (χ4v) is 3.01. The second kappa shape index (κ2) is 6.68. The molecule has 0 bridgehead atoms. The lowest BCUT2D eigenvalue weighted by atomic mass is 10.1. The summed E-state index contributed by atoms with van der Waals surface area (Å²) in [6.45, 7) is 3.91. The lowest BCUT2D eigenvalue weighted by Crippen LogP contribution is -2.21. The molecule has 0 aliphatic carbocycles. The van der Waals surface area contributed by atoms with Gasteiger partial charge < -0.3 is 23.4 Å². The minimum absolute atomic E-state index is 0.215. The molecule has 4 rings (SSSR count). The first kappa shape index (κ1) is 17.0. The number of hydrogen-bond donors (Lipinski definition) is 1. The quantitative estimate of drug-likeness (QED) is 0.568. The molecule has 0 spiro atoms. The van der Waals surface area contributed by atoms with Gasteiger partial charge in [-0.3, -0.25) is 4.79 Å². The van der Waals surface area contributed by atoms with Gasteiger partial charge in [0.2, 0.25) is 0 Å². The molecule has 1 N–H and O–H groups in total. The first-order valence-corrected chi connectivity index (χ1v) is 8.43. The van der Waals surface area contributed by atoms with Crippen molar-refractivity contribution >= 4 is 16.9 Å². The van der Waals surface area contributed by atoms with E-state index in [1.165, 1.54) is 0 Å². The van der Waals surface area contributed by atoms with Gasteiger partial charge in [0.1, 0.15) is 17.3 Å². The molecule has 0 atom stereocenters. The molecule has 4 aromatic rings. The van der Waals surface area contributed by atoms with Gasteiger partial charge >= 0.3 is 0 Å². The van der Waals surface area contributed by atoms with Gasteiger partial charge in [-0.2, -0.15) is 0 Å². The van der Waals surface area contributed by atoms with Crippen molar-refractivity contribution < 1.29 is 22.9 Å². The summed E-state index contributed by atoms with van der Waals surface area (Å²) in [5, 5.41) is 7.52. The van der Waals surface area contributed by atoms with Crippen LogP contribution in [0.5, 0.6) is 5.75 Å². The van der Waals surface area contributed by atoms with E-state index in [1.54, 1.807) is 19.2 Å². The highest BCUT2D eigenvalue weighted by molar-refractivity contribution is 5.97. The lowest BCUT2D eigenvalue weighted by molar-refractivity contribution is 0.0922. The molecule has 7 nitrogen and oxygen atoms in total. The minimum Gasteiger partial charge on any atom is -0.493 e. The molecule has 1 amide bonds. The van der Waals surface area contributed by atoms with Gasteiger partial charge in [0, 0.05) is 5.39 Å². The maximum Gasteiger partial charge on any atom is 0.287 e. The van der Waals surface area contributed by atoms with E-state index in [4.69, 9.17) is 18.1 Å². The van der Waals surface area contributed by atoms with Crippen LogP contribution < -0.4 is 10.1 Å². The molecule has 3 aromatic heterocycles. The number of hydrogen-bond acceptors (Lipinski definition) is 6. The number of aryl methyl sites for hydroxylation is 2. The predicted molar refractivity (Wildman–Crippen MR) is 97.6 cm³/mol. The van der Waals surface area contributed by atoms with Crippen LogP contribution in [-0.4, -0.2) is 18.2 Å². The number of carbonyl (C=O) groups is 1. The number of carbonyl (C=O) groups excluding carboxylic acids is 1. The van der Waals surface area contributed by atoms with E-state index in [-0.39, 0.29) is 18.2 Å². The number of rotatable bonds is 5. The number of nitrogens with zero attached hydrogens (tertiary/aromatic N) is 1. The van der Waals surface area contributed by atoms with Crippen LogP contribution in [0.4, 0.5) is 0 Å². The standard InChI is InChI=1S/C20H18N2O5/c1-11-18(12(2)27-22-11)15-8-7-14(25-15)10-21-20(23)17-9-13-5-4-6-16(24-3)19(13)26-17/h4-9H,10H2,1-3H3,(H,21,23). The van der Waals surface area contributed by atoms with E-state index in [1.807, 2.05) is 38.1 Å². The van der Waals surface area contributed by atoms with Crippen molar-refractivity contribution in [2.24, 2.45) is 0 Å². The zero-order chi connectivity index (χ0) is 19.0. The number of benzene rings is 1. The molecule has 27 heavy (non-hydrogen) atoms. The molecule has 0 aliphatic heterocycles. The first-order valence-electron chi connectivity index (χ1n) is 8.43. The van der Waals surface area contributed by atoms with E-state index in [9.17, 15) is 4.79 Å². The van der Waals surface area contributed by atoms with Crippen LogP contribution in [0.15, 0.2) is 49.8 Å². The summed E-state index contributed by atoms with van der Waals surface area (Å²) in [6.07, 6.45) is 0. The lowest BCUT2D eigenvalue weighted by Gasteiger charge is -2.01. The van der Waals surface area contributed by atoms with Gasteiger partial charge in [-0.1, -0.05) is 17.3 Å². The summed E-state index contributed by atoms with van der Waals surface area (Å²) >= 11 is 0. The van der Waals surface area contributed by atoms with Gasteiger partial charge in [-0.15, -0.1) is 0 Å². The molecule has 3 heterocycles. The Morgan fingerprint density at radius 2 is 2.04 bits per heavy atom. The minimum atomic E-state index is -0.330. The molecule has 0 unspecified atom stereocenters. The summed E-state index contributed by atoms with van der Waals surface area (Å²) in [6, 6.07) is 10.8. The zero-order valence-electron chi connectivity index (χ0n) is 15.2. The molecule has 1 aromatic carbocycles. The molecular weight excluding hydrogens is 348 g/mol. The van der Waals surface area contributed by atoms with E-state index in [0.29, 0.717) is 28.6 Å². The van der Waals surface area contributed by atoms with Crippen molar-refractivity contribution in [1.29, 1.82) is 0 Å². The Labute approximate surface area is 154 Å². The summed E-state index contributed by atoms with van der Waals surface area (Å²) in [7, 11) is 1.56. The number of nitrogens with one attached hydrogen (secondary N) is 1. The van der Waals surface area contributed by atoms with Crippen molar-refractivity contribution in [2.75, 3.05) is 7.11 Å². The van der Waals surface area contributed by atoms with E-state index in [0.717, 1.165) is 16.6 Å². The van der Waals surface area contributed by atoms with Crippen molar-refractivity contribution in [3.63, 3.8) is 0 Å². The van der Waals surface area contributed by atoms with Crippen molar-refractivity contribution in [1.82, 2.24) is 10.5 Å². The molecule has 138 valence electrons. The highest BCUT2D eigenvalue weighted by atomic mass is 16.5. The van der Waals surface area contributed by atoms with Crippen LogP contribution in [-0.2, 0) is 6.54 Å². The highest BCUT2D eigenvalue weighted by Gasteiger charge is 2.17. The Hall–Kier alpha value is -3.48. The van der Waals surface area contributed by atoms with Gasteiger partial charge in [0.15, 0.2) is 17.1 Å². The molecule has 0 radical (unpaired) electrons. The maximum atomic E-state index is 12.4. The second-order valence-electron chi connectivity index (χ2n) is 6.14. The van der Waals surface area contributed by atoms with Gasteiger partial charge in [0.05, 0.1) is 24.9 Å². The zero-order valence-corrected chi connectivity index (χ0v) is 15.2. The third kappa shape index (κ3) is 3.08. The van der Waals surface area contributed by atoms with Crippen molar-refractivity contribution in [3.8, 4) is 17.1 Å². The second-order valence-corrected chi connectivity index (χ2v) is 6.14. The number of furan rings is 2.